The molecule has 234 valence electrons. The van der Waals surface area contributed by atoms with Crippen LogP contribution in [0.2, 0.25) is 0 Å². The molecule has 49 heavy (non-hydrogen) atoms. The number of thiophene rings is 1. The van der Waals surface area contributed by atoms with Crippen LogP contribution in [0.5, 0.6) is 0 Å². The fraction of sp³-hybridized carbons (Fsp3) is 0.0476. The molecule has 0 fully saturated rings. The van der Waals surface area contributed by atoms with Crippen molar-refractivity contribution in [1.29, 1.82) is 0 Å². The Morgan fingerprint density at radius 3 is 1.80 bits per heavy atom. The van der Waals surface area contributed by atoms with Crippen molar-refractivity contribution in [3.05, 3.63) is 151 Å². The summed E-state index contributed by atoms with van der Waals surface area (Å²) in [4.78, 5) is 30.6. The molecule has 4 heterocycles. The highest BCUT2D eigenvalue weighted by atomic mass is 32.1. The lowest BCUT2D eigenvalue weighted by molar-refractivity contribution is 1.07. The summed E-state index contributed by atoms with van der Waals surface area (Å²) < 4.78 is 1.03. The molecule has 0 amide bonds. The van der Waals surface area contributed by atoms with E-state index in [1.54, 1.807) is 11.3 Å². The average Bonchev–Trinajstić information content (AvgIpc) is 3.56. The largest absolute Gasteiger partial charge is 0.245 e. The van der Waals surface area contributed by atoms with E-state index in [1.165, 1.54) is 0 Å². The predicted octanol–water partition coefficient (Wildman–Crippen LogP) is 10.7. The normalized spacial score (nSPS) is 11.9. The van der Waals surface area contributed by atoms with Gasteiger partial charge in [-0.25, -0.2) is 29.9 Å². The molecule has 6 nitrogen and oxygen atoms in total. The quantitative estimate of drug-likeness (QED) is 0.160. The number of rotatable bonds is 7. The van der Waals surface area contributed by atoms with Crippen molar-refractivity contribution >= 4 is 37.3 Å². The number of hydrogen-bond acceptors (Lipinski definition) is 7. The lowest BCUT2D eigenvalue weighted by Crippen LogP contribution is -2.00. The zero-order chi connectivity index (χ0) is 33.2. The van der Waals surface area contributed by atoms with Crippen LogP contribution in [0.25, 0.3) is 82.8 Å². The van der Waals surface area contributed by atoms with E-state index >= 15 is 0 Å². The summed E-state index contributed by atoms with van der Waals surface area (Å²) in [5, 5.41) is 1.03. The maximum Gasteiger partial charge on any atom is 0.164 e. The van der Waals surface area contributed by atoms with Crippen LogP contribution in [0.4, 0.5) is 0 Å². The van der Waals surface area contributed by atoms with Crippen LogP contribution in [-0.2, 0) is 0 Å². The third kappa shape index (κ3) is 5.92. The van der Waals surface area contributed by atoms with Crippen molar-refractivity contribution in [3.63, 3.8) is 0 Å². The maximum absolute atomic E-state index is 5.11. The van der Waals surface area contributed by atoms with Crippen LogP contribution in [0.15, 0.2) is 146 Å². The zero-order valence-corrected chi connectivity index (χ0v) is 27.8. The zero-order valence-electron chi connectivity index (χ0n) is 26.9. The van der Waals surface area contributed by atoms with Crippen molar-refractivity contribution in [2.24, 2.45) is 0 Å². The van der Waals surface area contributed by atoms with Crippen molar-refractivity contribution in [2.45, 2.75) is 13.8 Å². The Balaban J connectivity index is 1.23. The number of allylic oxidation sites excluding steroid dienone is 4. The highest BCUT2D eigenvalue weighted by Gasteiger charge is 2.18. The number of nitrogens with zero attached hydrogens (tertiary/aromatic N) is 6. The summed E-state index contributed by atoms with van der Waals surface area (Å²) in [5.41, 5.74) is 8.72. The summed E-state index contributed by atoms with van der Waals surface area (Å²) in [6.45, 7) is 4.07. The second-order valence-corrected chi connectivity index (χ2v) is 12.5. The Hall–Kier alpha value is -6.18. The molecule has 0 unspecified atom stereocenters. The standard InChI is InChI=1S/C42H30N6S/c1-3-13-27(4-2)32-18-11-19-33(26-32)41-47-39(29-16-9-6-10-17-29)46-40(48-41)31-23-21-30(22-24-31)38-44-35(28-14-7-5-8-15-28)37-36(45-38)34-20-12-25-43-42(34)49-37/h3-26H,1-2H3/b13-3-,27-4+. The van der Waals surface area contributed by atoms with E-state index in [0.29, 0.717) is 23.3 Å². The van der Waals surface area contributed by atoms with Gasteiger partial charge >= 0.3 is 0 Å². The lowest BCUT2D eigenvalue weighted by atomic mass is 10.0. The minimum Gasteiger partial charge on any atom is -0.245 e. The highest BCUT2D eigenvalue weighted by molar-refractivity contribution is 7.25. The molecule has 0 spiro atoms. The van der Waals surface area contributed by atoms with E-state index < -0.39 is 0 Å². The molecule has 4 aromatic carbocycles. The first-order valence-corrected chi connectivity index (χ1v) is 16.9. The fourth-order valence-corrected chi connectivity index (χ4v) is 6.99. The van der Waals surface area contributed by atoms with Crippen molar-refractivity contribution < 1.29 is 0 Å². The average molecular weight is 651 g/mol. The smallest absolute Gasteiger partial charge is 0.164 e. The minimum atomic E-state index is 0.594. The van der Waals surface area contributed by atoms with Crippen LogP contribution in [0.1, 0.15) is 19.4 Å². The number of pyridine rings is 1. The Morgan fingerprint density at radius 2 is 1.14 bits per heavy atom. The van der Waals surface area contributed by atoms with Gasteiger partial charge in [-0.3, -0.25) is 0 Å². The van der Waals surface area contributed by atoms with Crippen LogP contribution >= 0.6 is 11.3 Å². The van der Waals surface area contributed by atoms with Crippen LogP contribution in [0, 0.1) is 0 Å². The number of hydrogen-bond donors (Lipinski definition) is 0. The van der Waals surface area contributed by atoms with E-state index in [1.807, 2.05) is 117 Å². The summed E-state index contributed by atoms with van der Waals surface area (Å²) in [6, 6.07) is 40.8. The molecule has 0 atom stereocenters. The van der Waals surface area contributed by atoms with Gasteiger partial charge in [-0.2, -0.15) is 0 Å². The van der Waals surface area contributed by atoms with E-state index in [-0.39, 0.29) is 0 Å². The van der Waals surface area contributed by atoms with E-state index in [4.69, 9.17) is 24.9 Å². The number of aromatic nitrogens is 6. The Bertz CT molecular complexity index is 2500. The second kappa shape index (κ2) is 13.1. The molecule has 0 saturated carbocycles. The SMILES string of the molecule is C/C=C\C(=C/C)c1cccc(-c2nc(-c3ccccc3)nc(-c3ccc(-c4nc(-c5ccccc5)c5sc6ncccc6c5n4)cc3)n2)c1. The van der Waals surface area contributed by atoms with Gasteiger partial charge in [-0.1, -0.05) is 121 Å². The van der Waals surface area contributed by atoms with Gasteiger partial charge in [0.05, 0.1) is 15.9 Å². The molecule has 0 bridgehead atoms. The minimum absolute atomic E-state index is 0.594. The predicted molar refractivity (Wildman–Crippen MR) is 202 cm³/mol. The Labute approximate surface area is 288 Å². The lowest BCUT2D eigenvalue weighted by Gasteiger charge is -2.10. The molecule has 0 saturated heterocycles. The van der Waals surface area contributed by atoms with Crippen molar-refractivity contribution in [2.75, 3.05) is 0 Å². The summed E-state index contributed by atoms with van der Waals surface area (Å²) in [6.07, 6.45) is 8.09. The molecule has 0 radical (unpaired) electrons. The van der Waals surface area contributed by atoms with Gasteiger partial charge in [0.1, 0.15) is 4.83 Å². The summed E-state index contributed by atoms with van der Waals surface area (Å²) in [7, 11) is 0. The van der Waals surface area contributed by atoms with Gasteiger partial charge in [0.2, 0.25) is 0 Å². The molecule has 7 heteroatoms. The first-order valence-electron chi connectivity index (χ1n) is 16.1. The summed E-state index contributed by atoms with van der Waals surface area (Å²) >= 11 is 1.63. The van der Waals surface area contributed by atoms with Crippen LogP contribution in [-0.4, -0.2) is 29.9 Å². The number of fused-ring (bicyclic) bond motifs is 3. The molecule has 0 aliphatic rings. The maximum atomic E-state index is 5.11. The van der Waals surface area contributed by atoms with Crippen molar-refractivity contribution in [1.82, 2.24) is 29.9 Å². The van der Waals surface area contributed by atoms with Gasteiger partial charge in [0, 0.05) is 39.4 Å². The third-order valence-corrected chi connectivity index (χ3v) is 9.43. The summed E-state index contributed by atoms with van der Waals surface area (Å²) in [5.74, 6) is 2.48. The van der Waals surface area contributed by atoms with E-state index in [2.05, 4.69) is 47.5 Å². The van der Waals surface area contributed by atoms with E-state index in [9.17, 15) is 0 Å². The van der Waals surface area contributed by atoms with Crippen LogP contribution < -0.4 is 0 Å². The fourth-order valence-electron chi connectivity index (χ4n) is 5.89. The number of benzene rings is 4. The topological polar surface area (TPSA) is 77.3 Å². The van der Waals surface area contributed by atoms with Gasteiger partial charge in [-0.05, 0) is 43.2 Å². The van der Waals surface area contributed by atoms with Crippen LogP contribution in [0.3, 0.4) is 0 Å². The molecule has 4 aromatic heterocycles. The Kier molecular flexibility index (Phi) is 8.09. The molecular formula is C42H30N6S. The molecule has 8 aromatic rings. The first-order chi connectivity index (χ1) is 24.2. The molecule has 0 N–H and O–H groups in total. The molecule has 8 rings (SSSR count). The second-order valence-electron chi connectivity index (χ2n) is 11.5. The van der Waals surface area contributed by atoms with Gasteiger partial charge in [0.25, 0.3) is 0 Å². The van der Waals surface area contributed by atoms with Crippen molar-refractivity contribution in [3.8, 4) is 56.8 Å². The molecule has 0 aliphatic heterocycles. The first kappa shape index (κ1) is 30.2. The monoisotopic (exact) mass is 650 g/mol. The highest BCUT2D eigenvalue weighted by Crippen LogP contribution is 2.38. The van der Waals surface area contributed by atoms with Gasteiger partial charge in [-0.15, -0.1) is 11.3 Å². The third-order valence-electron chi connectivity index (χ3n) is 8.32. The molecule has 0 aliphatic carbocycles. The Morgan fingerprint density at radius 1 is 0.551 bits per heavy atom. The van der Waals surface area contributed by atoms with Gasteiger partial charge < -0.3 is 0 Å². The van der Waals surface area contributed by atoms with E-state index in [0.717, 1.165) is 65.1 Å². The van der Waals surface area contributed by atoms with Gasteiger partial charge in [0.15, 0.2) is 23.3 Å². The molecular weight excluding hydrogens is 621 g/mol.